The van der Waals surface area contributed by atoms with E-state index in [1.807, 2.05) is 30.3 Å². The van der Waals surface area contributed by atoms with Gasteiger partial charge in [0.05, 0.1) is 24.1 Å². The molecule has 0 spiro atoms. The highest BCUT2D eigenvalue weighted by Crippen LogP contribution is 2.30. The first kappa shape index (κ1) is 44.4. The number of nitro benzene ring substituents is 1. The highest BCUT2D eigenvalue weighted by molar-refractivity contribution is 5.94. The van der Waals surface area contributed by atoms with Gasteiger partial charge in [0.25, 0.3) is 5.89 Å². The molecule has 4 aromatic carbocycles. The van der Waals surface area contributed by atoms with Crippen molar-refractivity contribution in [2.75, 3.05) is 13.1 Å². The summed E-state index contributed by atoms with van der Waals surface area (Å²) in [6, 6.07) is 21.6. The number of fused-ring (bicyclic) bond motifs is 2. The van der Waals surface area contributed by atoms with E-state index in [1.165, 1.54) is 13.0 Å². The summed E-state index contributed by atoms with van der Waals surface area (Å²) in [5.74, 6) is -5.17. The van der Waals surface area contributed by atoms with E-state index in [4.69, 9.17) is 14.6 Å². The van der Waals surface area contributed by atoms with E-state index in [1.54, 1.807) is 48.5 Å². The van der Waals surface area contributed by atoms with Gasteiger partial charge in [0.15, 0.2) is 17.1 Å². The predicted octanol–water partition coefficient (Wildman–Crippen LogP) is 2.00. The Labute approximate surface area is 357 Å². The first-order valence-corrected chi connectivity index (χ1v) is 19.4. The lowest BCUT2D eigenvalue weighted by Crippen LogP contribution is -2.54. The molecule has 0 aliphatic carbocycles. The third kappa shape index (κ3) is 11.8. The number of nitrogens with zero attached hydrogens (tertiary/aromatic N) is 2. The van der Waals surface area contributed by atoms with Crippen molar-refractivity contribution >= 4 is 63.3 Å². The number of carboxylic acid groups (broad SMARTS) is 1. The number of nitrogens with two attached hydrogens (primary N) is 1. The molecule has 0 saturated heterocycles. The van der Waals surface area contributed by atoms with Crippen LogP contribution in [0.3, 0.4) is 0 Å². The largest absolute Gasteiger partial charge is 0.502 e. The van der Waals surface area contributed by atoms with Crippen LogP contribution in [0.5, 0.6) is 5.75 Å². The van der Waals surface area contributed by atoms with Gasteiger partial charge in [-0.1, -0.05) is 60.7 Å². The molecule has 0 unspecified atom stereocenters. The second-order valence-corrected chi connectivity index (χ2v) is 14.5. The summed E-state index contributed by atoms with van der Waals surface area (Å²) in [5.41, 5.74) is 8.93. The molecule has 2 aromatic heterocycles. The second kappa shape index (κ2) is 20.0. The third-order valence-electron chi connectivity index (χ3n) is 9.73. The number of amides is 5. The number of nitro groups is 1. The van der Waals surface area contributed by atoms with E-state index in [-0.39, 0.29) is 24.8 Å². The zero-order valence-corrected chi connectivity index (χ0v) is 33.5. The number of phenolic OH excluding ortho intramolecular Hbond substituents is 1. The number of aliphatic carboxylic acids is 1. The lowest BCUT2D eigenvalue weighted by Gasteiger charge is -2.21. The summed E-state index contributed by atoms with van der Waals surface area (Å²) in [7, 11) is 0. The molecule has 2 heterocycles. The van der Waals surface area contributed by atoms with Crippen molar-refractivity contribution in [1.29, 1.82) is 0 Å². The van der Waals surface area contributed by atoms with Gasteiger partial charge in [-0.15, -0.1) is 0 Å². The minimum absolute atomic E-state index is 0.0577. The van der Waals surface area contributed by atoms with Crippen molar-refractivity contribution < 1.29 is 52.7 Å². The van der Waals surface area contributed by atoms with Crippen LogP contribution in [-0.2, 0) is 48.0 Å². The summed E-state index contributed by atoms with van der Waals surface area (Å²) in [4.78, 5) is 91.4. The molecule has 20 nitrogen and oxygen atoms in total. The average molecular weight is 863 g/mol. The Balaban J connectivity index is 0.983. The predicted molar refractivity (Wildman–Crippen MR) is 225 cm³/mol. The molecule has 6 aromatic rings. The van der Waals surface area contributed by atoms with E-state index >= 15 is 0 Å². The highest BCUT2D eigenvalue weighted by atomic mass is 16.6. The summed E-state index contributed by atoms with van der Waals surface area (Å²) in [6.07, 6.45) is -0.227. The summed E-state index contributed by atoms with van der Waals surface area (Å²) in [6.45, 7) is 0.0622. The minimum atomic E-state index is -1.55. The molecule has 0 fully saturated rings. The number of carboxylic acids is 1. The average Bonchev–Trinajstić information content (AvgIpc) is 3.89. The third-order valence-corrected chi connectivity index (χ3v) is 9.73. The fourth-order valence-corrected chi connectivity index (χ4v) is 6.44. The lowest BCUT2D eigenvalue weighted by atomic mass is 10.0. The van der Waals surface area contributed by atoms with Crippen molar-refractivity contribution in [3.63, 3.8) is 0 Å². The van der Waals surface area contributed by atoms with Crippen LogP contribution in [0.25, 0.3) is 33.7 Å². The molecule has 0 aliphatic heterocycles. The van der Waals surface area contributed by atoms with Crippen molar-refractivity contribution in [2.24, 2.45) is 5.73 Å². The maximum absolute atomic E-state index is 13.4. The first-order chi connectivity index (χ1) is 30.1. The number of hydrogen-bond acceptors (Lipinski definition) is 13. The molecule has 0 bridgehead atoms. The molecule has 5 amide bonds. The van der Waals surface area contributed by atoms with Gasteiger partial charge in [-0.3, -0.25) is 34.1 Å². The highest BCUT2D eigenvalue weighted by Gasteiger charge is 2.27. The number of nitrogens with one attached hydrogen (secondary N) is 5. The minimum Gasteiger partial charge on any atom is -0.502 e. The topological polar surface area (TPSA) is 311 Å². The van der Waals surface area contributed by atoms with Crippen molar-refractivity contribution in [2.45, 2.75) is 50.4 Å². The quantitative estimate of drug-likeness (QED) is 0.0427. The molecule has 6 rings (SSSR count). The number of rotatable bonds is 19. The molecule has 63 heavy (non-hydrogen) atoms. The van der Waals surface area contributed by atoms with Gasteiger partial charge in [0.1, 0.15) is 29.2 Å². The van der Waals surface area contributed by atoms with Gasteiger partial charge in [0, 0.05) is 24.3 Å². The zero-order valence-electron chi connectivity index (χ0n) is 33.5. The number of aromatic nitrogens is 1. The number of benzene rings is 4. The Morgan fingerprint density at radius 1 is 0.714 bits per heavy atom. The molecule has 0 saturated carbocycles. The number of oxazole rings is 1. The van der Waals surface area contributed by atoms with Crippen LogP contribution in [0.1, 0.15) is 23.6 Å². The normalized spacial score (nSPS) is 13.0. The molecule has 20 heteroatoms. The van der Waals surface area contributed by atoms with Crippen molar-refractivity contribution in [1.82, 2.24) is 31.6 Å². The van der Waals surface area contributed by atoms with Gasteiger partial charge in [-0.25, -0.2) is 9.78 Å². The fraction of sp³-hybridized carbons (Fsp3) is 0.233. The van der Waals surface area contributed by atoms with Crippen LogP contribution in [-0.4, -0.2) is 92.9 Å². The Bertz CT molecular complexity index is 2650. The maximum Gasteiger partial charge on any atom is 0.326 e. The smallest absolute Gasteiger partial charge is 0.326 e. The summed E-state index contributed by atoms with van der Waals surface area (Å²) >= 11 is 0. The standard InChI is InChI=1S/C43H42N8O12/c1-23(39(55)49-31(43(58)59)18-26-11-13-33(52)32(19-26)51(60)61)47-38(54)22-45-37(53)21-46-41(57)30(16-24-7-3-2-4-8-24)48-40(56)28(44)15-25-12-14-35-29(17-25)50-42(63-35)36-20-27-9-5-6-10-34(27)62-36/h2-14,17,19-20,23,28,30-31,52H,15-16,18,21-22,44H2,1H3,(H,45,53)(H,46,57)(H,47,54)(H,48,56)(H,49,55)(H,58,59)/t23-,28-,30-,31-/m0/s1. The van der Waals surface area contributed by atoms with Crippen LogP contribution in [0.15, 0.2) is 106 Å². The molecular weight excluding hydrogens is 821 g/mol. The van der Waals surface area contributed by atoms with Crippen LogP contribution >= 0.6 is 0 Å². The maximum atomic E-state index is 13.4. The number of furan rings is 1. The van der Waals surface area contributed by atoms with E-state index in [0.717, 1.165) is 17.5 Å². The monoisotopic (exact) mass is 862 g/mol. The number of phenols is 1. The fourth-order valence-electron chi connectivity index (χ4n) is 6.44. The van der Waals surface area contributed by atoms with Gasteiger partial charge in [-0.2, -0.15) is 0 Å². The van der Waals surface area contributed by atoms with E-state index in [0.29, 0.717) is 39.5 Å². The number of hydrogen-bond donors (Lipinski definition) is 8. The van der Waals surface area contributed by atoms with Crippen LogP contribution < -0.4 is 32.3 Å². The van der Waals surface area contributed by atoms with Gasteiger partial charge < -0.3 is 51.4 Å². The number of para-hydroxylation sites is 1. The van der Waals surface area contributed by atoms with E-state index < -0.39 is 89.1 Å². The zero-order chi connectivity index (χ0) is 45.2. The molecular formula is C43H42N8O12. The van der Waals surface area contributed by atoms with E-state index in [9.17, 15) is 49.1 Å². The van der Waals surface area contributed by atoms with Crippen LogP contribution in [0.2, 0.25) is 0 Å². The first-order valence-electron chi connectivity index (χ1n) is 19.4. The van der Waals surface area contributed by atoms with E-state index in [2.05, 4.69) is 31.6 Å². The van der Waals surface area contributed by atoms with Gasteiger partial charge in [0.2, 0.25) is 29.5 Å². The van der Waals surface area contributed by atoms with Crippen LogP contribution in [0, 0.1) is 10.1 Å². The Morgan fingerprint density at radius 2 is 1.38 bits per heavy atom. The molecule has 326 valence electrons. The van der Waals surface area contributed by atoms with Crippen molar-refractivity contribution in [3.05, 3.63) is 124 Å². The SMILES string of the molecule is C[C@H](NC(=O)CNC(=O)CNC(=O)[C@H](Cc1ccccc1)NC(=O)[C@@H](N)Cc1ccc2oc(-c3cc4ccccc4o3)nc2c1)C(=O)N[C@@H](Cc1ccc(O)c([N+](=O)[O-])c1)C(=O)O. The lowest BCUT2D eigenvalue weighted by molar-refractivity contribution is -0.385. The molecule has 4 atom stereocenters. The van der Waals surface area contributed by atoms with Gasteiger partial charge >= 0.3 is 11.7 Å². The summed E-state index contributed by atoms with van der Waals surface area (Å²) in [5, 5.41) is 43.3. The van der Waals surface area contributed by atoms with Gasteiger partial charge in [-0.05, 0) is 60.4 Å². The Morgan fingerprint density at radius 3 is 2.11 bits per heavy atom. The molecule has 9 N–H and O–H groups in total. The number of carbonyl (C=O) groups excluding carboxylic acids is 5. The summed E-state index contributed by atoms with van der Waals surface area (Å²) < 4.78 is 11.8. The Hall–Kier alpha value is -8.13. The molecule has 0 aliphatic rings. The molecule has 0 radical (unpaired) electrons. The second-order valence-electron chi connectivity index (χ2n) is 14.5. The number of carbonyl (C=O) groups is 6. The number of aromatic hydroxyl groups is 1. The van der Waals surface area contributed by atoms with Crippen LogP contribution in [0.4, 0.5) is 5.69 Å². The Kier molecular flexibility index (Phi) is 14.1. The van der Waals surface area contributed by atoms with Crippen molar-refractivity contribution in [3.8, 4) is 17.4 Å².